The molecule has 1 atom stereocenters. The number of methoxy groups -OCH3 is 1. The van der Waals surface area contributed by atoms with E-state index in [0.29, 0.717) is 24.0 Å². The molecule has 3 aromatic rings. The first-order valence-electron chi connectivity index (χ1n) is 8.60. The van der Waals surface area contributed by atoms with Gasteiger partial charge in [-0.3, -0.25) is 9.79 Å². The summed E-state index contributed by atoms with van der Waals surface area (Å²) in [4.78, 5) is 22.0. The van der Waals surface area contributed by atoms with Crippen LogP contribution in [0.5, 0.6) is 0 Å². The highest BCUT2D eigenvalue weighted by molar-refractivity contribution is 7.22. The average molecular weight is 378 g/mol. The molecule has 0 saturated heterocycles. The molecule has 1 aliphatic heterocycles. The largest absolute Gasteiger partial charge is 0.383 e. The number of hydrazone groups is 1. The van der Waals surface area contributed by atoms with E-state index in [4.69, 9.17) is 4.74 Å². The first-order valence-corrected chi connectivity index (χ1v) is 9.42. The van der Waals surface area contributed by atoms with E-state index >= 15 is 0 Å². The van der Waals surface area contributed by atoms with Crippen molar-refractivity contribution in [2.45, 2.75) is 0 Å². The smallest absolute Gasteiger partial charge is 0.264 e. The fraction of sp³-hybridized carbons (Fsp3) is 0.200. The Morgan fingerprint density at radius 1 is 1.19 bits per heavy atom. The first kappa shape index (κ1) is 17.5. The Labute approximate surface area is 160 Å². The zero-order valence-electron chi connectivity index (χ0n) is 14.8. The van der Waals surface area contributed by atoms with E-state index in [2.05, 4.69) is 15.1 Å². The van der Waals surface area contributed by atoms with E-state index in [9.17, 15) is 4.79 Å². The molecule has 0 fully saturated rings. The molecule has 1 aliphatic rings. The van der Waals surface area contributed by atoms with E-state index in [1.165, 1.54) is 16.3 Å². The van der Waals surface area contributed by atoms with Crippen LogP contribution in [0.25, 0.3) is 10.2 Å². The number of carbonyl (C=O) groups is 1. The minimum absolute atomic E-state index is 0.144. The molecular formula is C20H18N4O2S. The number of anilines is 1. The molecule has 0 radical (unpaired) electrons. The number of hydrogen-bond acceptors (Lipinski definition) is 6. The third-order valence-corrected chi connectivity index (χ3v) is 5.20. The van der Waals surface area contributed by atoms with E-state index in [1.54, 1.807) is 13.3 Å². The second-order valence-corrected chi connectivity index (χ2v) is 7.00. The zero-order valence-corrected chi connectivity index (χ0v) is 15.6. The van der Waals surface area contributed by atoms with Crippen LogP contribution in [0.1, 0.15) is 5.56 Å². The SMILES string of the molecule is COCCN=CC1C(=O)N(c2nc3ccccc3s2)N=C1c1ccccc1. The van der Waals surface area contributed by atoms with Gasteiger partial charge in [-0.05, 0) is 17.7 Å². The van der Waals surface area contributed by atoms with Gasteiger partial charge in [-0.2, -0.15) is 10.1 Å². The Morgan fingerprint density at radius 2 is 1.96 bits per heavy atom. The summed E-state index contributed by atoms with van der Waals surface area (Å²) in [6.07, 6.45) is 1.67. The van der Waals surface area contributed by atoms with Gasteiger partial charge in [0.2, 0.25) is 5.13 Å². The molecule has 1 unspecified atom stereocenters. The number of fused-ring (bicyclic) bond motifs is 1. The normalized spacial score (nSPS) is 17.2. The quantitative estimate of drug-likeness (QED) is 0.488. The molecule has 136 valence electrons. The highest BCUT2D eigenvalue weighted by atomic mass is 32.1. The van der Waals surface area contributed by atoms with Crippen molar-refractivity contribution in [1.29, 1.82) is 0 Å². The van der Waals surface area contributed by atoms with Crippen LogP contribution in [0.3, 0.4) is 0 Å². The van der Waals surface area contributed by atoms with E-state index in [0.717, 1.165) is 15.8 Å². The molecule has 0 bridgehead atoms. The number of ether oxygens (including phenoxy) is 1. The minimum Gasteiger partial charge on any atom is -0.383 e. The Kier molecular flexibility index (Phi) is 5.04. The summed E-state index contributed by atoms with van der Waals surface area (Å²) < 4.78 is 6.04. The maximum absolute atomic E-state index is 13.1. The Bertz CT molecular complexity index is 980. The number of nitrogens with zero attached hydrogens (tertiary/aromatic N) is 4. The van der Waals surface area contributed by atoms with Crippen LogP contribution in [0.2, 0.25) is 0 Å². The van der Waals surface area contributed by atoms with Crippen molar-refractivity contribution in [3.05, 3.63) is 60.2 Å². The van der Waals surface area contributed by atoms with Gasteiger partial charge in [0.1, 0.15) is 5.92 Å². The Balaban J connectivity index is 1.71. The second kappa shape index (κ2) is 7.77. The van der Waals surface area contributed by atoms with E-state index < -0.39 is 5.92 Å². The minimum atomic E-state index is -0.531. The fourth-order valence-corrected chi connectivity index (χ4v) is 3.78. The predicted molar refractivity (Wildman–Crippen MR) is 109 cm³/mol. The van der Waals surface area contributed by atoms with Gasteiger partial charge in [0.05, 0.1) is 29.1 Å². The number of hydrogen-bond donors (Lipinski definition) is 0. The van der Waals surface area contributed by atoms with Gasteiger partial charge in [-0.25, -0.2) is 4.98 Å². The van der Waals surface area contributed by atoms with Crippen molar-refractivity contribution in [3.8, 4) is 0 Å². The van der Waals surface area contributed by atoms with Gasteiger partial charge < -0.3 is 4.74 Å². The van der Waals surface area contributed by atoms with Crippen LogP contribution in [0.4, 0.5) is 5.13 Å². The summed E-state index contributed by atoms with van der Waals surface area (Å²) in [6, 6.07) is 17.5. The molecule has 4 rings (SSSR count). The third kappa shape index (κ3) is 3.51. The van der Waals surface area contributed by atoms with Gasteiger partial charge in [0, 0.05) is 13.3 Å². The van der Waals surface area contributed by atoms with Crippen LogP contribution < -0.4 is 5.01 Å². The van der Waals surface area contributed by atoms with Crippen LogP contribution in [0, 0.1) is 5.92 Å². The van der Waals surface area contributed by atoms with Crippen LogP contribution in [0.15, 0.2) is 64.7 Å². The Morgan fingerprint density at radius 3 is 2.74 bits per heavy atom. The van der Waals surface area contributed by atoms with Gasteiger partial charge >= 0.3 is 0 Å². The standard InChI is InChI=1S/C20H18N4O2S/c1-26-12-11-21-13-15-18(14-7-3-2-4-8-14)23-24(19(15)25)20-22-16-9-5-6-10-17(16)27-20/h2-10,13,15H,11-12H2,1H3. The van der Waals surface area contributed by atoms with Crippen molar-refractivity contribution < 1.29 is 9.53 Å². The van der Waals surface area contributed by atoms with Crippen molar-refractivity contribution >= 4 is 44.5 Å². The molecule has 0 N–H and O–H groups in total. The number of aliphatic imine (C=N–C) groups is 1. The molecule has 27 heavy (non-hydrogen) atoms. The highest BCUT2D eigenvalue weighted by Gasteiger charge is 2.37. The lowest BCUT2D eigenvalue weighted by atomic mass is 9.98. The molecule has 7 heteroatoms. The molecule has 1 aromatic heterocycles. The molecule has 2 heterocycles. The van der Waals surface area contributed by atoms with Crippen molar-refractivity contribution in [1.82, 2.24) is 4.98 Å². The molecule has 1 amide bonds. The zero-order chi connectivity index (χ0) is 18.6. The third-order valence-electron chi connectivity index (χ3n) is 4.19. The number of thiazole rings is 1. The molecular weight excluding hydrogens is 360 g/mol. The number of rotatable bonds is 6. The summed E-state index contributed by atoms with van der Waals surface area (Å²) in [7, 11) is 1.63. The number of carbonyl (C=O) groups excluding carboxylic acids is 1. The summed E-state index contributed by atoms with van der Waals surface area (Å²) in [5.74, 6) is -0.676. The lowest BCUT2D eigenvalue weighted by Crippen LogP contribution is -2.28. The van der Waals surface area contributed by atoms with Crippen LogP contribution in [-0.2, 0) is 9.53 Å². The average Bonchev–Trinajstić information content (AvgIpc) is 3.27. The maximum Gasteiger partial charge on any atom is 0.264 e. The van der Waals surface area contributed by atoms with Crippen molar-refractivity contribution in [3.63, 3.8) is 0 Å². The molecule has 0 spiro atoms. The van der Waals surface area contributed by atoms with Crippen LogP contribution >= 0.6 is 11.3 Å². The second-order valence-electron chi connectivity index (χ2n) is 5.99. The van der Waals surface area contributed by atoms with Crippen LogP contribution in [-0.4, -0.2) is 43.1 Å². The highest BCUT2D eigenvalue weighted by Crippen LogP contribution is 2.32. The summed E-state index contributed by atoms with van der Waals surface area (Å²) in [6.45, 7) is 1.01. The van der Waals surface area contributed by atoms with Gasteiger partial charge in [0.15, 0.2) is 0 Å². The number of benzene rings is 2. The van der Waals surface area contributed by atoms with E-state index in [1.807, 2.05) is 54.6 Å². The molecule has 0 aliphatic carbocycles. The number of para-hydroxylation sites is 1. The topological polar surface area (TPSA) is 67.2 Å². The van der Waals surface area contributed by atoms with Crippen molar-refractivity contribution in [2.75, 3.05) is 25.3 Å². The maximum atomic E-state index is 13.1. The van der Waals surface area contributed by atoms with Crippen molar-refractivity contribution in [2.24, 2.45) is 16.0 Å². The van der Waals surface area contributed by atoms with Gasteiger partial charge in [-0.1, -0.05) is 53.8 Å². The summed E-state index contributed by atoms with van der Waals surface area (Å²) >= 11 is 1.45. The first-order chi connectivity index (χ1) is 13.3. The lowest BCUT2D eigenvalue weighted by Gasteiger charge is -2.08. The monoisotopic (exact) mass is 378 g/mol. The van der Waals surface area contributed by atoms with Gasteiger partial charge in [0.25, 0.3) is 5.91 Å². The Hall–Kier alpha value is -2.90. The van der Waals surface area contributed by atoms with Gasteiger partial charge in [-0.15, -0.1) is 0 Å². The summed E-state index contributed by atoms with van der Waals surface area (Å²) in [5.41, 5.74) is 2.44. The number of aromatic nitrogens is 1. The van der Waals surface area contributed by atoms with E-state index in [-0.39, 0.29) is 5.91 Å². The summed E-state index contributed by atoms with van der Waals surface area (Å²) in [5, 5.41) is 6.59. The number of amides is 1. The molecule has 6 nitrogen and oxygen atoms in total. The lowest BCUT2D eigenvalue weighted by molar-refractivity contribution is -0.118. The molecule has 2 aromatic carbocycles. The fourth-order valence-electron chi connectivity index (χ4n) is 2.86. The predicted octanol–water partition coefficient (Wildman–Crippen LogP) is 3.38. The molecule has 0 saturated carbocycles.